The number of thiophene rings is 1. The van der Waals surface area contributed by atoms with E-state index in [0.717, 1.165) is 8.66 Å². The molecule has 0 radical (unpaired) electrons. The average Bonchev–Trinajstić information content (AvgIpc) is 2.76. The maximum absolute atomic E-state index is 10.2. The van der Waals surface area contributed by atoms with Crippen LogP contribution in [-0.4, -0.2) is 5.11 Å². The van der Waals surface area contributed by atoms with Crippen molar-refractivity contribution in [1.29, 1.82) is 0 Å². The van der Waals surface area contributed by atoms with Gasteiger partial charge in [-0.15, -0.1) is 11.3 Å². The van der Waals surface area contributed by atoms with Gasteiger partial charge in [0.25, 0.3) is 0 Å². The van der Waals surface area contributed by atoms with Crippen molar-refractivity contribution in [2.24, 2.45) is 0 Å². The topological polar surface area (TPSA) is 20.2 Å². The summed E-state index contributed by atoms with van der Waals surface area (Å²) in [6.07, 6.45) is 0.261. The third kappa shape index (κ3) is 3.44. The summed E-state index contributed by atoms with van der Waals surface area (Å²) in [5, 5.41) is 10.2. The second-order valence-electron chi connectivity index (χ2n) is 4.76. The minimum absolute atomic E-state index is 0.411. The van der Waals surface area contributed by atoms with Gasteiger partial charge in [-0.2, -0.15) is 0 Å². The van der Waals surface area contributed by atoms with Gasteiger partial charge in [0.05, 0.1) is 9.89 Å². The Morgan fingerprint density at radius 3 is 2.28 bits per heavy atom. The molecular formula is C15H17BrOS. The summed E-state index contributed by atoms with van der Waals surface area (Å²) in [5.41, 5.74) is 2.52. The smallest absolute Gasteiger partial charge is 0.0922 e. The normalized spacial score (nSPS) is 12.9. The minimum Gasteiger partial charge on any atom is -0.387 e. The van der Waals surface area contributed by atoms with Crippen LogP contribution in [0.1, 0.15) is 41.9 Å². The zero-order chi connectivity index (χ0) is 13.1. The number of aliphatic hydroxyl groups is 1. The zero-order valence-corrected chi connectivity index (χ0v) is 13.0. The fourth-order valence-electron chi connectivity index (χ4n) is 1.87. The molecule has 18 heavy (non-hydrogen) atoms. The largest absolute Gasteiger partial charge is 0.387 e. The highest BCUT2D eigenvalue weighted by Crippen LogP contribution is 2.29. The average molecular weight is 325 g/mol. The first-order valence-electron chi connectivity index (χ1n) is 6.08. The fourth-order valence-corrected chi connectivity index (χ4v) is 3.28. The van der Waals surface area contributed by atoms with E-state index in [-0.39, 0.29) is 0 Å². The van der Waals surface area contributed by atoms with Crippen LogP contribution in [0.5, 0.6) is 0 Å². The molecule has 1 nitrogen and oxygen atoms in total. The van der Waals surface area contributed by atoms with E-state index >= 15 is 0 Å². The van der Waals surface area contributed by atoms with E-state index in [1.54, 1.807) is 11.3 Å². The number of rotatable bonds is 4. The molecule has 96 valence electrons. The maximum atomic E-state index is 10.2. The van der Waals surface area contributed by atoms with Crippen LogP contribution in [0.25, 0.3) is 0 Å². The standard InChI is InChI=1S/C15H17BrOS/c1-10(2)12-5-3-11(4-6-12)9-13(17)14-7-8-15(16)18-14/h3-8,10,13,17H,9H2,1-2H3. The highest BCUT2D eigenvalue weighted by molar-refractivity contribution is 9.11. The van der Waals surface area contributed by atoms with Gasteiger partial charge in [-0.25, -0.2) is 0 Å². The van der Waals surface area contributed by atoms with Gasteiger partial charge in [0.15, 0.2) is 0 Å². The molecule has 1 aromatic carbocycles. The van der Waals surface area contributed by atoms with Crippen molar-refractivity contribution >= 4 is 27.3 Å². The van der Waals surface area contributed by atoms with Crippen molar-refractivity contribution in [2.75, 3.05) is 0 Å². The van der Waals surface area contributed by atoms with Crippen LogP contribution in [0.4, 0.5) is 0 Å². The Morgan fingerprint density at radius 2 is 1.78 bits per heavy atom. The van der Waals surface area contributed by atoms with E-state index in [0.29, 0.717) is 12.3 Å². The molecule has 0 saturated carbocycles. The zero-order valence-electron chi connectivity index (χ0n) is 10.6. The first-order valence-corrected chi connectivity index (χ1v) is 7.69. The van der Waals surface area contributed by atoms with Crippen LogP contribution in [0, 0.1) is 0 Å². The Kier molecular flexibility index (Phi) is 4.60. The predicted molar refractivity (Wildman–Crippen MR) is 81.2 cm³/mol. The number of hydrogen-bond donors (Lipinski definition) is 1. The summed E-state index contributed by atoms with van der Waals surface area (Å²) in [6.45, 7) is 4.38. The van der Waals surface area contributed by atoms with Gasteiger partial charge in [-0.05, 0) is 45.1 Å². The lowest BCUT2D eigenvalue weighted by Crippen LogP contribution is -1.99. The Labute approximate surface area is 121 Å². The number of halogens is 1. The molecule has 1 aromatic heterocycles. The Morgan fingerprint density at radius 1 is 1.11 bits per heavy atom. The van der Waals surface area contributed by atoms with Gasteiger partial charge in [-0.1, -0.05) is 38.1 Å². The van der Waals surface area contributed by atoms with Crippen molar-refractivity contribution in [1.82, 2.24) is 0 Å². The molecule has 0 bridgehead atoms. The van der Waals surface area contributed by atoms with Crippen LogP contribution in [0.15, 0.2) is 40.2 Å². The minimum atomic E-state index is -0.411. The predicted octanol–water partition coefficient (Wildman–Crippen LogP) is 4.91. The molecule has 1 heterocycles. The molecular weight excluding hydrogens is 308 g/mol. The lowest BCUT2D eigenvalue weighted by Gasteiger charge is -2.10. The molecule has 0 amide bonds. The summed E-state index contributed by atoms with van der Waals surface area (Å²) >= 11 is 5.01. The molecule has 2 aromatic rings. The maximum Gasteiger partial charge on any atom is 0.0922 e. The Hall–Kier alpha value is -0.640. The van der Waals surface area contributed by atoms with Crippen molar-refractivity contribution in [2.45, 2.75) is 32.3 Å². The second-order valence-corrected chi connectivity index (χ2v) is 7.25. The van der Waals surface area contributed by atoms with Crippen LogP contribution < -0.4 is 0 Å². The van der Waals surface area contributed by atoms with E-state index in [2.05, 4.69) is 54.0 Å². The molecule has 1 N–H and O–H groups in total. The summed E-state index contributed by atoms with van der Waals surface area (Å²) in [5.74, 6) is 0.553. The van der Waals surface area contributed by atoms with Crippen LogP contribution in [0.2, 0.25) is 0 Å². The highest BCUT2D eigenvalue weighted by Gasteiger charge is 2.11. The van der Waals surface area contributed by atoms with E-state index in [1.165, 1.54) is 11.1 Å². The SMILES string of the molecule is CC(C)c1ccc(CC(O)c2ccc(Br)s2)cc1. The summed E-state index contributed by atoms with van der Waals surface area (Å²) in [4.78, 5) is 1.01. The van der Waals surface area contributed by atoms with Crippen LogP contribution in [0.3, 0.4) is 0 Å². The third-order valence-corrected chi connectivity index (χ3v) is 4.72. The van der Waals surface area contributed by atoms with Gasteiger partial charge in [-0.3, -0.25) is 0 Å². The molecule has 1 unspecified atom stereocenters. The third-order valence-electron chi connectivity index (χ3n) is 3.00. The van der Waals surface area contributed by atoms with Crippen LogP contribution >= 0.6 is 27.3 Å². The van der Waals surface area contributed by atoms with Gasteiger partial charge in [0.1, 0.15) is 0 Å². The van der Waals surface area contributed by atoms with Gasteiger partial charge in [0, 0.05) is 11.3 Å². The molecule has 0 aliphatic heterocycles. The number of hydrogen-bond acceptors (Lipinski definition) is 2. The number of aliphatic hydroxyl groups excluding tert-OH is 1. The van der Waals surface area contributed by atoms with E-state index < -0.39 is 6.10 Å². The number of benzene rings is 1. The van der Waals surface area contributed by atoms with Gasteiger partial charge < -0.3 is 5.11 Å². The van der Waals surface area contributed by atoms with Crippen LogP contribution in [-0.2, 0) is 6.42 Å². The molecule has 0 aliphatic carbocycles. The van der Waals surface area contributed by atoms with E-state index in [1.807, 2.05) is 12.1 Å². The summed E-state index contributed by atoms with van der Waals surface area (Å²) in [6, 6.07) is 12.5. The lowest BCUT2D eigenvalue weighted by atomic mass is 9.99. The highest BCUT2D eigenvalue weighted by atomic mass is 79.9. The summed E-state index contributed by atoms with van der Waals surface area (Å²) in [7, 11) is 0. The summed E-state index contributed by atoms with van der Waals surface area (Å²) < 4.78 is 1.06. The molecule has 0 fully saturated rings. The fraction of sp³-hybridized carbons (Fsp3) is 0.333. The molecule has 0 spiro atoms. The first-order chi connectivity index (χ1) is 8.56. The van der Waals surface area contributed by atoms with Gasteiger partial charge in [0.2, 0.25) is 0 Å². The monoisotopic (exact) mass is 324 g/mol. The van der Waals surface area contributed by atoms with Gasteiger partial charge >= 0.3 is 0 Å². The quantitative estimate of drug-likeness (QED) is 0.847. The van der Waals surface area contributed by atoms with Crippen molar-refractivity contribution in [3.05, 3.63) is 56.2 Å². The molecule has 2 rings (SSSR count). The second kappa shape index (κ2) is 6.00. The van der Waals surface area contributed by atoms with Crippen molar-refractivity contribution < 1.29 is 5.11 Å². The molecule has 0 saturated heterocycles. The molecule has 1 atom stereocenters. The first kappa shape index (κ1) is 13.8. The lowest BCUT2D eigenvalue weighted by molar-refractivity contribution is 0.182. The molecule has 0 aliphatic rings. The molecule has 3 heteroatoms. The Bertz CT molecular complexity index is 501. The van der Waals surface area contributed by atoms with Crippen molar-refractivity contribution in [3.8, 4) is 0 Å². The van der Waals surface area contributed by atoms with Crippen molar-refractivity contribution in [3.63, 3.8) is 0 Å². The van der Waals surface area contributed by atoms with E-state index in [9.17, 15) is 5.11 Å². The van der Waals surface area contributed by atoms with E-state index in [4.69, 9.17) is 0 Å². The Balaban J connectivity index is 2.05.